The third kappa shape index (κ3) is 5.88. The molecular formula is C26H24N4O3S. The summed E-state index contributed by atoms with van der Waals surface area (Å²) in [5.41, 5.74) is 3.26. The molecule has 0 fully saturated rings. The minimum Gasteiger partial charge on any atom is -0.449 e. The Morgan fingerprint density at radius 2 is 2.03 bits per heavy atom. The van der Waals surface area contributed by atoms with Crippen molar-refractivity contribution in [3.8, 4) is 6.07 Å². The molecule has 1 aromatic carbocycles. The fourth-order valence-corrected chi connectivity index (χ4v) is 4.92. The number of fused-ring (bicyclic) bond motifs is 1. The minimum absolute atomic E-state index is 0.303. The molecular weight excluding hydrogens is 448 g/mol. The summed E-state index contributed by atoms with van der Waals surface area (Å²) in [4.78, 5) is 31.7. The van der Waals surface area contributed by atoms with E-state index in [9.17, 15) is 14.9 Å². The third-order valence-electron chi connectivity index (χ3n) is 5.42. The van der Waals surface area contributed by atoms with Gasteiger partial charge in [-0.05, 0) is 48.6 Å². The molecule has 4 rings (SSSR count). The zero-order valence-corrected chi connectivity index (χ0v) is 19.4. The zero-order chi connectivity index (χ0) is 23.8. The van der Waals surface area contributed by atoms with Crippen LogP contribution in [0.5, 0.6) is 0 Å². The second-order valence-electron chi connectivity index (χ2n) is 7.76. The van der Waals surface area contributed by atoms with Crippen LogP contribution in [0, 0.1) is 11.3 Å². The summed E-state index contributed by atoms with van der Waals surface area (Å²) >= 11 is 1.34. The van der Waals surface area contributed by atoms with E-state index in [2.05, 4.69) is 16.4 Å². The maximum atomic E-state index is 12.5. The first-order valence-corrected chi connectivity index (χ1v) is 11.9. The Balaban J connectivity index is 1.32. The summed E-state index contributed by atoms with van der Waals surface area (Å²) in [6.45, 7) is 1.16. The van der Waals surface area contributed by atoms with Crippen LogP contribution in [0.25, 0.3) is 6.08 Å². The molecule has 0 unspecified atom stereocenters. The van der Waals surface area contributed by atoms with Gasteiger partial charge in [-0.1, -0.05) is 36.4 Å². The van der Waals surface area contributed by atoms with Crippen molar-refractivity contribution < 1.29 is 14.3 Å². The van der Waals surface area contributed by atoms with Gasteiger partial charge in [0.25, 0.3) is 0 Å². The number of hydrogen-bond donors (Lipinski definition) is 1. The van der Waals surface area contributed by atoms with Gasteiger partial charge >= 0.3 is 6.09 Å². The fourth-order valence-electron chi connectivity index (χ4n) is 3.71. The fraction of sp³-hybridized carbons (Fsp3) is 0.231. The summed E-state index contributed by atoms with van der Waals surface area (Å²) in [5, 5.41) is 13.0. The van der Waals surface area contributed by atoms with Crippen molar-refractivity contribution >= 4 is 34.4 Å². The smallest absolute Gasteiger partial charge is 0.410 e. The first-order valence-electron chi connectivity index (χ1n) is 11.0. The molecule has 0 bridgehead atoms. The molecule has 0 saturated heterocycles. The van der Waals surface area contributed by atoms with Gasteiger partial charge in [0.2, 0.25) is 5.91 Å². The Hall–Kier alpha value is -3.96. The lowest BCUT2D eigenvalue weighted by molar-refractivity contribution is -0.111. The van der Waals surface area contributed by atoms with Crippen LogP contribution in [0.4, 0.5) is 9.80 Å². The van der Waals surface area contributed by atoms with Gasteiger partial charge in [-0.25, -0.2) is 4.79 Å². The molecule has 2 aromatic heterocycles. The van der Waals surface area contributed by atoms with E-state index in [-0.39, 0.29) is 12.0 Å². The number of aryl methyl sites for hydroxylation is 1. The monoisotopic (exact) mass is 472 g/mol. The molecule has 0 saturated carbocycles. The molecule has 0 atom stereocenters. The zero-order valence-electron chi connectivity index (χ0n) is 18.6. The van der Waals surface area contributed by atoms with Gasteiger partial charge in [-0.2, -0.15) is 5.26 Å². The van der Waals surface area contributed by atoms with E-state index in [0.717, 1.165) is 28.1 Å². The molecule has 2 amide bonds. The van der Waals surface area contributed by atoms with Crippen molar-refractivity contribution in [2.45, 2.75) is 25.8 Å². The molecule has 34 heavy (non-hydrogen) atoms. The highest BCUT2D eigenvalue weighted by atomic mass is 32.1. The Labute approximate surface area is 202 Å². The Kier molecular flexibility index (Phi) is 7.68. The lowest BCUT2D eigenvalue weighted by atomic mass is 10.0. The highest BCUT2D eigenvalue weighted by Crippen LogP contribution is 2.36. The third-order valence-corrected chi connectivity index (χ3v) is 6.55. The number of anilines is 1. The number of carbonyl (C=O) groups is 2. The topological polar surface area (TPSA) is 95.3 Å². The lowest BCUT2D eigenvalue weighted by Crippen LogP contribution is -2.36. The first-order chi connectivity index (χ1) is 16.6. The Bertz CT molecular complexity index is 1220. The molecule has 7 nitrogen and oxygen atoms in total. The maximum Gasteiger partial charge on any atom is 0.410 e. The summed E-state index contributed by atoms with van der Waals surface area (Å²) < 4.78 is 5.44. The number of ether oxygens (including phenoxy) is 1. The van der Waals surface area contributed by atoms with Crippen LogP contribution in [-0.2, 0) is 28.9 Å². The van der Waals surface area contributed by atoms with E-state index in [1.165, 1.54) is 17.4 Å². The molecule has 0 spiro atoms. The van der Waals surface area contributed by atoms with Crippen LogP contribution in [0.3, 0.4) is 0 Å². The molecule has 1 aliphatic rings. The van der Waals surface area contributed by atoms with Gasteiger partial charge in [0.15, 0.2) is 0 Å². The standard InChI is InChI=1S/C26H24N4O3S/c27-17-22-21-13-15-30(26(32)33-16-6-10-20-9-4-5-14-28-20)18-23(21)34-25(22)29-24(31)12-11-19-7-2-1-3-8-19/h1-5,7-9,11-12,14H,6,10,13,15-16,18H2,(H,29,31). The summed E-state index contributed by atoms with van der Waals surface area (Å²) in [7, 11) is 0. The number of nitrogens with one attached hydrogen (secondary N) is 1. The molecule has 0 radical (unpaired) electrons. The second-order valence-corrected chi connectivity index (χ2v) is 8.87. The summed E-state index contributed by atoms with van der Waals surface area (Å²) in [5.74, 6) is -0.303. The SMILES string of the molecule is N#Cc1c(NC(=O)C=Cc2ccccc2)sc2c1CCN(C(=O)OCCCc1ccccn1)C2. The molecule has 1 N–H and O–H groups in total. The predicted octanol–water partition coefficient (Wildman–Crippen LogP) is 4.79. The van der Waals surface area contributed by atoms with Crippen molar-refractivity contribution in [3.63, 3.8) is 0 Å². The van der Waals surface area contributed by atoms with Crippen molar-refractivity contribution in [1.29, 1.82) is 5.26 Å². The van der Waals surface area contributed by atoms with Crippen molar-refractivity contribution in [2.75, 3.05) is 18.5 Å². The van der Waals surface area contributed by atoms with Crippen LogP contribution in [0.1, 0.15) is 33.7 Å². The van der Waals surface area contributed by atoms with Crippen molar-refractivity contribution in [3.05, 3.63) is 88.1 Å². The van der Waals surface area contributed by atoms with Crippen LogP contribution < -0.4 is 5.32 Å². The number of benzene rings is 1. The number of rotatable bonds is 7. The molecule has 0 aliphatic carbocycles. The predicted molar refractivity (Wildman–Crippen MR) is 131 cm³/mol. The highest BCUT2D eigenvalue weighted by molar-refractivity contribution is 7.16. The van der Waals surface area contributed by atoms with E-state index in [1.807, 2.05) is 48.5 Å². The quantitative estimate of drug-likeness (QED) is 0.394. The van der Waals surface area contributed by atoms with Crippen molar-refractivity contribution in [2.24, 2.45) is 0 Å². The maximum absolute atomic E-state index is 12.5. The molecule has 8 heteroatoms. The number of pyridine rings is 1. The minimum atomic E-state index is -0.366. The van der Waals surface area contributed by atoms with Crippen LogP contribution in [0.2, 0.25) is 0 Å². The van der Waals surface area contributed by atoms with Crippen LogP contribution in [-0.4, -0.2) is 35.0 Å². The lowest BCUT2D eigenvalue weighted by Gasteiger charge is -2.26. The van der Waals surface area contributed by atoms with Crippen LogP contribution >= 0.6 is 11.3 Å². The van der Waals surface area contributed by atoms with Gasteiger partial charge in [-0.15, -0.1) is 11.3 Å². The van der Waals surface area contributed by atoms with Gasteiger partial charge < -0.3 is 15.0 Å². The number of carbonyl (C=O) groups excluding carboxylic acids is 2. The number of aromatic nitrogens is 1. The molecule has 172 valence electrons. The van der Waals surface area contributed by atoms with E-state index < -0.39 is 0 Å². The molecule has 1 aliphatic heterocycles. The van der Waals surface area contributed by atoms with E-state index in [0.29, 0.717) is 43.1 Å². The average molecular weight is 473 g/mol. The summed E-state index contributed by atoms with van der Waals surface area (Å²) in [6.07, 6.45) is 6.55. The van der Waals surface area contributed by atoms with E-state index >= 15 is 0 Å². The normalized spacial score (nSPS) is 12.7. The first kappa shape index (κ1) is 23.2. The molecule has 3 aromatic rings. The number of thiophene rings is 1. The summed E-state index contributed by atoms with van der Waals surface area (Å²) in [6, 6.07) is 17.5. The number of hydrogen-bond acceptors (Lipinski definition) is 6. The highest BCUT2D eigenvalue weighted by Gasteiger charge is 2.28. The van der Waals surface area contributed by atoms with Gasteiger partial charge in [0, 0.05) is 29.4 Å². The second kappa shape index (κ2) is 11.3. The van der Waals surface area contributed by atoms with Gasteiger partial charge in [0.05, 0.1) is 18.7 Å². The van der Waals surface area contributed by atoms with E-state index in [4.69, 9.17) is 4.74 Å². The van der Waals surface area contributed by atoms with Crippen LogP contribution in [0.15, 0.2) is 60.8 Å². The number of nitriles is 1. The van der Waals surface area contributed by atoms with Gasteiger partial charge in [-0.3, -0.25) is 9.78 Å². The van der Waals surface area contributed by atoms with Gasteiger partial charge in [0.1, 0.15) is 11.1 Å². The van der Waals surface area contributed by atoms with E-state index in [1.54, 1.807) is 17.2 Å². The molecule has 3 heterocycles. The Morgan fingerprint density at radius 1 is 1.21 bits per heavy atom. The number of amides is 2. The average Bonchev–Trinajstić information content (AvgIpc) is 3.22. The number of nitrogens with zero attached hydrogens (tertiary/aromatic N) is 3. The largest absolute Gasteiger partial charge is 0.449 e. The Morgan fingerprint density at radius 3 is 2.79 bits per heavy atom. The van der Waals surface area contributed by atoms with Crippen molar-refractivity contribution in [1.82, 2.24) is 9.88 Å².